The van der Waals surface area contributed by atoms with Crippen molar-refractivity contribution in [3.05, 3.63) is 35.2 Å². The molecule has 0 atom stereocenters. The number of alkyl halides is 2. The van der Waals surface area contributed by atoms with E-state index in [1.807, 2.05) is 25.1 Å². The highest BCUT2D eigenvalue weighted by Gasteiger charge is 2.14. The number of rotatable bonds is 7. The van der Waals surface area contributed by atoms with E-state index in [2.05, 4.69) is 24.0 Å². The molecule has 0 spiro atoms. The monoisotopic (exact) mass is 342 g/mol. The normalized spacial score (nSPS) is 11.4. The minimum absolute atomic E-state index is 0.127. The Balaban J connectivity index is 2.08. The second-order valence-electron chi connectivity index (χ2n) is 5.46. The first-order valence-corrected chi connectivity index (χ1v) is 8.20. The van der Waals surface area contributed by atoms with Crippen molar-refractivity contribution in [2.45, 2.75) is 44.9 Å². The summed E-state index contributed by atoms with van der Waals surface area (Å²) in [5.74, 6) is 6.93. The van der Waals surface area contributed by atoms with Crippen molar-refractivity contribution < 1.29 is 13.5 Å². The van der Waals surface area contributed by atoms with Gasteiger partial charge in [-0.25, -0.2) is 13.5 Å². The van der Waals surface area contributed by atoms with E-state index >= 15 is 0 Å². The van der Waals surface area contributed by atoms with Gasteiger partial charge in [0, 0.05) is 0 Å². The van der Waals surface area contributed by atoms with Gasteiger partial charge in [-0.2, -0.15) is 0 Å². The fourth-order valence-corrected chi connectivity index (χ4v) is 2.65. The number of ether oxygens (including phenoxy) is 1. The minimum Gasteiger partial charge on any atom is -0.485 e. The summed E-state index contributed by atoms with van der Waals surface area (Å²) in [5, 5.41) is 7.96. The minimum atomic E-state index is -2.42. The molecule has 0 bridgehead atoms. The van der Waals surface area contributed by atoms with Crippen LogP contribution in [0.3, 0.4) is 0 Å². The summed E-state index contributed by atoms with van der Waals surface area (Å²) in [4.78, 5) is 0. The topological polar surface area (TPSA) is 66.0 Å². The van der Waals surface area contributed by atoms with Gasteiger partial charge in [-0.3, -0.25) is 0 Å². The number of thioether (sulfide) groups is 1. The van der Waals surface area contributed by atoms with Gasteiger partial charge in [0.1, 0.15) is 12.4 Å². The molecule has 0 aliphatic carbocycles. The van der Waals surface area contributed by atoms with Crippen LogP contribution in [-0.4, -0.2) is 27.1 Å². The van der Waals surface area contributed by atoms with Crippen LogP contribution in [0.4, 0.5) is 8.78 Å². The molecule has 1 heterocycles. The molecule has 2 aromatic rings. The first-order valence-electron chi connectivity index (χ1n) is 7.22. The fourth-order valence-electron chi connectivity index (χ4n) is 2.03. The van der Waals surface area contributed by atoms with Crippen molar-refractivity contribution in [1.29, 1.82) is 0 Å². The molecule has 8 heteroatoms. The zero-order chi connectivity index (χ0) is 17.0. The van der Waals surface area contributed by atoms with E-state index in [0.29, 0.717) is 11.7 Å². The van der Waals surface area contributed by atoms with Gasteiger partial charge >= 0.3 is 0 Å². The number of halogens is 2. The maximum Gasteiger partial charge on any atom is 0.248 e. The lowest BCUT2D eigenvalue weighted by molar-refractivity contribution is 0.176. The van der Waals surface area contributed by atoms with Crippen LogP contribution in [0, 0.1) is 6.92 Å². The quantitative estimate of drug-likeness (QED) is 0.617. The predicted octanol–water partition coefficient (Wildman–Crippen LogP) is 3.36. The molecular formula is C15H20F2N4OS. The van der Waals surface area contributed by atoms with Crippen LogP contribution in [-0.2, 0) is 6.61 Å². The largest absolute Gasteiger partial charge is 0.485 e. The van der Waals surface area contributed by atoms with Crippen LogP contribution in [0.5, 0.6) is 5.75 Å². The Morgan fingerprint density at radius 3 is 2.70 bits per heavy atom. The Labute approximate surface area is 138 Å². The molecular weight excluding hydrogens is 322 g/mol. The van der Waals surface area contributed by atoms with Crippen LogP contribution < -0.4 is 10.6 Å². The van der Waals surface area contributed by atoms with Crippen molar-refractivity contribution in [3.8, 4) is 5.75 Å². The van der Waals surface area contributed by atoms with Crippen molar-refractivity contribution in [2.75, 3.05) is 11.6 Å². The van der Waals surface area contributed by atoms with Crippen molar-refractivity contribution in [1.82, 2.24) is 14.9 Å². The molecule has 0 unspecified atom stereocenters. The molecule has 0 aliphatic heterocycles. The average Bonchev–Trinajstić information content (AvgIpc) is 2.83. The van der Waals surface area contributed by atoms with Gasteiger partial charge in [0.25, 0.3) is 0 Å². The molecule has 1 aromatic heterocycles. The summed E-state index contributed by atoms with van der Waals surface area (Å²) < 4.78 is 31.5. The Morgan fingerprint density at radius 2 is 2.04 bits per heavy atom. The highest BCUT2D eigenvalue weighted by atomic mass is 32.2. The van der Waals surface area contributed by atoms with E-state index in [1.54, 1.807) is 0 Å². The summed E-state index contributed by atoms with van der Waals surface area (Å²) in [7, 11) is 0. The first kappa shape index (κ1) is 17.5. The molecule has 0 radical (unpaired) electrons. The van der Waals surface area contributed by atoms with Gasteiger partial charge in [-0.05, 0) is 30.0 Å². The van der Waals surface area contributed by atoms with Crippen LogP contribution in [0.2, 0.25) is 0 Å². The number of benzene rings is 1. The van der Waals surface area contributed by atoms with Gasteiger partial charge in [0.15, 0.2) is 5.82 Å². The van der Waals surface area contributed by atoms with Crippen LogP contribution in [0.15, 0.2) is 23.4 Å². The summed E-state index contributed by atoms with van der Waals surface area (Å²) in [6.07, 6.45) is -2.42. The Bertz CT molecular complexity index is 661. The lowest BCUT2D eigenvalue weighted by Crippen LogP contribution is -2.16. The number of nitrogen functional groups attached to an aromatic ring is 1. The molecule has 5 nitrogen and oxygen atoms in total. The smallest absolute Gasteiger partial charge is 0.248 e. The second-order valence-corrected chi connectivity index (χ2v) is 6.44. The zero-order valence-electron chi connectivity index (χ0n) is 13.3. The van der Waals surface area contributed by atoms with Gasteiger partial charge in [0.2, 0.25) is 11.6 Å². The van der Waals surface area contributed by atoms with Gasteiger partial charge < -0.3 is 10.6 Å². The predicted molar refractivity (Wildman–Crippen MR) is 86.5 cm³/mol. The standard InChI is InChI=1S/C15H20F2N4OS/c1-9(2)11-5-4-10(3)6-12(11)22-7-14-19-20-15(21(14)18)23-8-13(16)17/h4-6,9,13H,7-8,18H2,1-3H3. The lowest BCUT2D eigenvalue weighted by atomic mass is 10.0. The molecule has 23 heavy (non-hydrogen) atoms. The van der Waals surface area contributed by atoms with Crippen LogP contribution >= 0.6 is 11.8 Å². The maximum atomic E-state index is 12.2. The molecule has 0 amide bonds. The highest BCUT2D eigenvalue weighted by molar-refractivity contribution is 7.99. The van der Waals surface area contributed by atoms with E-state index in [9.17, 15) is 8.78 Å². The van der Waals surface area contributed by atoms with E-state index in [0.717, 1.165) is 28.6 Å². The molecule has 1 aromatic carbocycles. The molecule has 0 aliphatic rings. The van der Waals surface area contributed by atoms with Gasteiger partial charge in [-0.15, -0.1) is 10.2 Å². The van der Waals surface area contributed by atoms with E-state index in [4.69, 9.17) is 10.6 Å². The fraction of sp³-hybridized carbons (Fsp3) is 0.467. The lowest BCUT2D eigenvalue weighted by Gasteiger charge is -2.14. The molecule has 126 valence electrons. The van der Waals surface area contributed by atoms with Crippen molar-refractivity contribution in [2.24, 2.45) is 0 Å². The van der Waals surface area contributed by atoms with E-state index in [1.165, 1.54) is 4.68 Å². The molecule has 0 saturated carbocycles. The maximum absolute atomic E-state index is 12.2. The Morgan fingerprint density at radius 1 is 1.30 bits per heavy atom. The number of aryl methyl sites for hydroxylation is 1. The Kier molecular flexibility index (Phi) is 5.81. The zero-order valence-corrected chi connectivity index (χ0v) is 14.1. The highest BCUT2D eigenvalue weighted by Crippen LogP contribution is 2.28. The van der Waals surface area contributed by atoms with Crippen molar-refractivity contribution in [3.63, 3.8) is 0 Å². The summed E-state index contributed by atoms with van der Waals surface area (Å²) >= 11 is 0.867. The van der Waals surface area contributed by atoms with Gasteiger partial charge in [0.05, 0.1) is 5.75 Å². The molecule has 0 fully saturated rings. The van der Waals surface area contributed by atoms with E-state index < -0.39 is 6.43 Å². The molecule has 0 saturated heterocycles. The number of aromatic nitrogens is 3. The van der Waals surface area contributed by atoms with Crippen LogP contribution in [0.25, 0.3) is 0 Å². The summed E-state index contributed by atoms with van der Waals surface area (Å²) in [6, 6.07) is 6.03. The third-order valence-electron chi connectivity index (χ3n) is 3.22. The molecule has 2 rings (SSSR count). The Hall–Kier alpha value is -1.83. The SMILES string of the molecule is Cc1ccc(C(C)C)c(OCc2nnc(SCC(F)F)n2N)c1. The van der Waals surface area contributed by atoms with Gasteiger partial charge in [-0.1, -0.05) is 37.7 Å². The summed E-state index contributed by atoms with van der Waals surface area (Å²) in [5.41, 5.74) is 2.18. The third-order valence-corrected chi connectivity index (χ3v) is 4.18. The number of nitrogens with two attached hydrogens (primary N) is 1. The molecule has 2 N–H and O–H groups in total. The van der Waals surface area contributed by atoms with Crippen molar-refractivity contribution >= 4 is 11.8 Å². The number of nitrogens with zero attached hydrogens (tertiary/aromatic N) is 3. The number of hydrogen-bond donors (Lipinski definition) is 1. The second kappa shape index (κ2) is 7.63. The van der Waals surface area contributed by atoms with Crippen LogP contribution in [0.1, 0.15) is 36.7 Å². The third kappa shape index (κ3) is 4.57. The first-order chi connectivity index (χ1) is 10.9. The summed E-state index contributed by atoms with van der Waals surface area (Å²) in [6.45, 7) is 6.29. The average molecular weight is 342 g/mol. The van der Waals surface area contributed by atoms with E-state index in [-0.39, 0.29) is 17.5 Å². The number of hydrogen-bond acceptors (Lipinski definition) is 5.